The number of H-pyrrole nitrogens is 1. The standard InChI is InChI=1S/C14H19N3O.ClH/c1-10-8-11-9-12(5-6-13(11)16-10)17-14(18)4-3-7-15-2;/h5-6,8-9,15-16H,3-4,7H2,1-2H3,(H,17,18);1H. The number of aromatic nitrogens is 1. The van der Waals surface area contributed by atoms with Gasteiger partial charge >= 0.3 is 0 Å². The molecule has 0 aliphatic heterocycles. The highest BCUT2D eigenvalue weighted by atomic mass is 35.5. The number of benzene rings is 1. The fraction of sp³-hybridized carbons (Fsp3) is 0.357. The van der Waals surface area contributed by atoms with Gasteiger partial charge in [0.2, 0.25) is 5.91 Å². The van der Waals surface area contributed by atoms with Gasteiger partial charge in [0.05, 0.1) is 0 Å². The highest BCUT2D eigenvalue weighted by Crippen LogP contribution is 2.19. The number of fused-ring (bicyclic) bond motifs is 1. The summed E-state index contributed by atoms with van der Waals surface area (Å²) in [6.07, 6.45) is 1.40. The van der Waals surface area contributed by atoms with Crippen molar-refractivity contribution in [1.29, 1.82) is 0 Å². The van der Waals surface area contributed by atoms with Crippen molar-refractivity contribution < 1.29 is 4.79 Å². The van der Waals surface area contributed by atoms with Crippen molar-refractivity contribution >= 4 is 34.9 Å². The Hall–Kier alpha value is -1.52. The molecule has 0 bridgehead atoms. The summed E-state index contributed by atoms with van der Waals surface area (Å²) < 4.78 is 0. The van der Waals surface area contributed by atoms with E-state index in [2.05, 4.69) is 21.7 Å². The number of hydrogen-bond acceptors (Lipinski definition) is 2. The molecule has 3 N–H and O–H groups in total. The highest BCUT2D eigenvalue weighted by Gasteiger charge is 2.03. The minimum Gasteiger partial charge on any atom is -0.359 e. The number of carbonyl (C=O) groups is 1. The number of nitrogens with one attached hydrogen (secondary N) is 3. The molecule has 1 aromatic heterocycles. The van der Waals surface area contributed by atoms with Gasteiger partial charge in [0, 0.05) is 28.7 Å². The summed E-state index contributed by atoms with van der Waals surface area (Å²) >= 11 is 0. The fourth-order valence-electron chi connectivity index (χ4n) is 2.00. The van der Waals surface area contributed by atoms with Gasteiger partial charge in [-0.25, -0.2) is 0 Å². The molecule has 2 rings (SSSR count). The van der Waals surface area contributed by atoms with Gasteiger partial charge in [-0.3, -0.25) is 4.79 Å². The van der Waals surface area contributed by atoms with E-state index in [1.54, 1.807) is 0 Å². The first kappa shape index (κ1) is 15.5. The van der Waals surface area contributed by atoms with Crippen molar-refractivity contribution in [2.45, 2.75) is 19.8 Å². The predicted molar refractivity (Wildman–Crippen MR) is 82.1 cm³/mol. The number of carbonyl (C=O) groups excluding carboxylic acids is 1. The molecular formula is C14H20ClN3O. The number of aromatic amines is 1. The second-order valence-corrected chi connectivity index (χ2v) is 4.51. The van der Waals surface area contributed by atoms with E-state index in [4.69, 9.17) is 0 Å². The first-order chi connectivity index (χ1) is 8.69. The van der Waals surface area contributed by atoms with Crippen LogP contribution in [0.25, 0.3) is 10.9 Å². The normalized spacial score (nSPS) is 10.2. The molecule has 2 aromatic rings. The molecule has 0 atom stereocenters. The van der Waals surface area contributed by atoms with Crippen molar-refractivity contribution in [3.8, 4) is 0 Å². The Labute approximate surface area is 119 Å². The molecule has 0 saturated heterocycles. The number of aryl methyl sites for hydroxylation is 1. The summed E-state index contributed by atoms with van der Waals surface area (Å²) in [4.78, 5) is 14.9. The predicted octanol–water partition coefficient (Wildman–Crippen LogP) is 2.84. The van der Waals surface area contributed by atoms with Crippen molar-refractivity contribution in [2.24, 2.45) is 0 Å². The summed E-state index contributed by atoms with van der Waals surface area (Å²) in [5, 5.41) is 7.08. The number of amides is 1. The summed E-state index contributed by atoms with van der Waals surface area (Å²) in [6.45, 7) is 2.89. The van der Waals surface area contributed by atoms with Crippen LogP contribution in [0.3, 0.4) is 0 Å². The minimum atomic E-state index is 0. The molecule has 1 aromatic carbocycles. The smallest absolute Gasteiger partial charge is 0.224 e. The summed E-state index contributed by atoms with van der Waals surface area (Å²) in [5.74, 6) is 0.0665. The topological polar surface area (TPSA) is 56.9 Å². The Balaban J connectivity index is 0.00000180. The first-order valence-corrected chi connectivity index (χ1v) is 6.23. The zero-order chi connectivity index (χ0) is 13.0. The van der Waals surface area contributed by atoms with Crippen molar-refractivity contribution in [1.82, 2.24) is 10.3 Å². The SMILES string of the molecule is CNCCCC(=O)Nc1ccc2[nH]c(C)cc2c1.Cl. The van der Waals surface area contributed by atoms with Gasteiger partial charge in [-0.1, -0.05) is 0 Å². The first-order valence-electron chi connectivity index (χ1n) is 6.23. The average Bonchev–Trinajstić information content (AvgIpc) is 2.69. The van der Waals surface area contributed by atoms with Crippen LogP contribution in [0.4, 0.5) is 5.69 Å². The van der Waals surface area contributed by atoms with Crippen LogP contribution in [0.5, 0.6) is 0 Å². The van der Waals surface area contributed by atoms with E-state index in [0.717, 1.165) is 35.2 Å². The van der Waals surface area contributed by atoms with Crippen LogP contribution in [-0.2, 0) is 4.79 Å². The summed E-state index contributed by atoms with van der Waals surface area (Å²) in [5.41, 5.74) is 3.08. The van der Waals surface area contributed by atoms with Gasteiger partial charge in [-0.05, 0) is 51.2 Å². The second kappa shape index (κ2) is 7.16. The molecular weight excluding hydrogens is 262 g/mol. The molecule has 0 fully saturated rings. The van der Waals surface area contributed by atoms with E-state index in [0.29, 0.717) is 6.42 Å². The van der Waals surface area contributed by atoms with Crippen LogP contribution in [0, 0.1) is 6.92 Å². The third-order valence-electron chi connectivity index (χ3n) is 2.87. The van der Waals surface area contributed by atoms with Crippen LogP contribution >= 0.6 is 12.4 Å². The zero-order valence-corrected chi connectivity index (χ0v) is 12.1. The lowest BCUT2D eigenvalue weighted by molar-refractivity contribution is -0.116. The van der Waals surface area contributed by atoms with E-state index in [1.165, 1.54) is 0 Å². The fourth-order valence-corrected chi connectivity index (χ4v) is 2.00. The Morgan fingerprint density at radius 1 is 1.32 bits per heavy atom. The van der Waals surface area contributed by atoms with E-state index < -0.39 is 0 Å². The lowest BCUT2D eigenvalue weighted by atomic mass is 10.2. The van der Waals surface area contributed by atoms with Gasteiger partial charge in [-0.2, -0.15) is 0 Å². The number of halogens is 1. The van der Waals surface area contributed by atoms with Crippen molar-refractivity contribution in [3.63, 3.8) is 0 Å². The lowest BCUT2D eigenvalue weighted by Gasteiger charge is -2.05. The molecule has 0 saturated carbocycles. The Morgan fingerprint density at radius 3 is 2.84 bits per heavy atom. The van der Waals surface area contributed by atoms with Crippen molar-refractivity contribution in [2.75, 3.05) is 18.9 Å². The molecule has 1 amide bonds. The van der Waals surface area contributed by atoms with Crippen LogP contribution < -0.4 is 10.6 Å². The second-order valence-electron chi connectivity index (χ2n) is 4.51. The van der Waals surface area contributed by atoms with Gasteiger partial charge < -0.3 is 15.6 Å². The molecule has 0 unspecified atom stereocenters. The third kappa shape index (κ3) is 4.26. The van der Waals surface area contributed by atoms with E-state index in [9.17, 15) is 4.79 Å². The maximum atomic E-state index is 11.7. The molecule has 1 heterocycles. The monoisotopic (exact) mass is 281 g/mol. The molecule has 0 spiro atoms. The maximum Gasteiger partial charge on any atom is 0.224 e. The van der Waals surface area contributed by atoms with Crippen LogP contribution in [0.2, 0.25) is 0 Å². The average molecular weight is 282 g/mol. The summed E-state index contributed by atoms with van der Waals surface area (Å²) in [6, 6.07) is 7.99. The lowest BCUT2D eigenvalue weighted by Crippen LogP contribution is -2.15. The van der Waals surface area contributed by atoms with Crippen LogP contribution in [-0.4, -0.2) is 24.5 Å². The number of rotatable bonds is 5. The Morgan fingerprint density at radius 2 is 2.11 bits per heavy atom. The largest absolute Gasteiger partial charge is 0.359 e. The Kier molecular flexibility index (Phi) is 5.86. The van der Waals surface area contributed by atoms with E-state index >= 15 is 0 Å². The van der Waals surface area contributed by atoms with Gasteiger partial charge in [0.25, 0.3) is 0 Å². The van der Waals surface area contributed by atoms with E-state index in [-0.39, 0.29) is 18.3 Å². The zero-order valence-electron chi connectivity index (χ0n) is 11.2. The third-order valence-corrected chi connectivity index (χ3v) is 2.87. The van der Waals surface area contributed by atoms with Crippen LogP contribution in [0.1, 0.15) is 18.5 Å². The van der Waals surface area contributed by atoms with Gasteiger partial charge in [0.15, 0.2) is 0 Å². The number of hydrogen-bond donors (Lipinski definition) is 3. The summed E-state index contributed by atoms with van der Waals surface area (Å²) in [7, 11) is 1.89. The minimum absolute atomic E-state index is 0. The van der Waals surface area contributed by atoms with Gasteiger partial charge in [-0.15, -0.1) is 12.4 Å². The molecule has 19 heavy (non-hydrogen) atoms. The molecule has 0 radical (unpaired) electrons. The molecule has 5 heteroatoms. The van der Waals surface area contributed by atoms with E-state index in [1.807, 2.05) is 32.2 Å². The molecule has 0 aliphatic rings. The van der Waals surface area contributed by atoms with Gasteiger partial charge in [0.1, 0.15) is 0 Å². The molecule has 104 valence electrons. The maximum absolute atomic E-state index is 11.7. The Bertz CT molecular complexity index is 551. The highest BCUT2D eigenvalue weighted by molar-refractivity contribution is 5.93. The number of anilines is 1. The van der Waals surface area contributed by atoms with Crippen molar-refractivity contribution in [3.05, 3.63) is 30.0 Å². The van der Waals surface area contributed by atoms with Crippen LogP contribution in [0.15, 0.2) is 24.3 Å². The molecule has 0 aliphatic carbocycles. The quantitative estimate of drug-likeness (QED) is 0.738. The molecule has 4 nitrogen and oxygen atoms in total.